The van der Waals surface area contributed by atoms with Crippen LogP contribution in [0.1, 0.15) is 25.0 Å². The molecule has 0 radical (unpaired) electrons. The summed E-state index contributed by atoms with van der Waals surface area (Å²) in [7, 11) is 1.43. The van der Waals surface area contributed by atoms with Gasteiger partial charge in [-0.3, -0.25) is 4.40 Å². The average Bonchev–Trinajstić information content (AvgIpc) is 3.28. The zero-order valence-corrected chi connectivity index (χ0v) is 13.2. The topological polar surface area (TPSA) is 75.5 Å². The molecule has 23 heavy (non-hydrogen) atoms. The Labute approximate surface area is 133 Å². The van der Waals surface area contributed by atoms with Crippen LogP contribution in [0.2, 0.25) is 0 Å². The number of hydrogen-bond acceptors (Lipinski definition) is 4. The van der Waals surface area contributed by atoms with Gasteiger partial charge in [-0.25, -0.2) is 14.8 Å². The molecular formula is C16H19N5O2. The minimum absolute atomic E-state index is 0.245. The minimum Gasteiger partial charge on any atom is -0.453 e. The van der Waals surface area contributed by atoms with Crippen LogP contribution in [-0.4, -0.2) is 50.5 Å². The summed E-state index contributed by atoms with van der Waals surface area (Å²) in [5, 5.41) is 0. The number of aromatic amines is 1. The SMILES string of the molecule is CC[C@@H]1CN(C(=O)OC)C[C@@H]1c1cnc2cnc3[nH]ccc3n12. The highest BCUT2D eigenvalue weighted by molar-refractivity contribution is 5.75. The van der Waals surface area contributed by atoms with Crippen LogP contribution in [0.4, 0.5) is 4.79 Å². The van der Waals surface area contributed by atoms with Gasteiger partial charge >= 0.3 is 6.09 Å². The molecule has 1 aliphatic rings. The molecule has 3 aromatic rings. The molecule has 7 heteroatoms. The Morgan fingerprint density at radius 2 is 2.26 bits per heavy atom. The van der Waals surface area contributed by atoms with Crippen molar-refractivity contribution in [3.8, 4) is 0 Å². The fourth-order valence-corrected chi connectivity index (χ4v) is 3.65. The number of hydrogen-bond donors (Lipinski definition) is 1. The second-order valence-corrected chi connectivity index (χ2v) is 6.00. The summed E-state index contributed by atoms with van der Waals surface area (Å²) in [6.45, 7) is 3.55. The van der Waals surface area contributed by atoms with E-state index in [-0.39, 0.29) is 12.0 Å². The van der Waals surface area contributed by atoms with Gasteiger partial charge in [-0.15, -0.1) is 0 Å². The number of aromatic nitrogens is 4. The van der Waals surface area contributed by atoms with Crippen LogP contribution < -0.4 is 0 Å². The Hall–Kier alpha value is -2.57. The quantitative estimate of drug-likeness (QED) is 0.788. The van der Waals surface area contributed by atoms with Crippen molar-refractivity contribution in [1.82, 2.24) is 24.3 Å². The fraction of sp³-hybridized carbons (Fsp3) is 0.438. The molecule has 1 amide bonds. The molecule has 0 unspecified atom stereocenters. The van der Waals surface area contributed by atoms with Gasteiger partial charge in [0.25, 0.3) is 0 Å². The van der Waals surface area contributed by atoms with Gasteiger partial charge < -0.3 is 14.6 Å². The maximum absolute atomic E-state index is 11.9. The molecule has 7 nitrogen and oxygen atoms in total. The van der Waals surface area contributed by atoms with Crippen molar-refractivity contribution in [2.75, 3.05) is 20.2 Å². The lowest BCUT2D eigenvalue weighted by molar-refractivity contribution is 0.131. The molecule has 0 saturated carbocycles. The predicted octanol–water partition coefficient (Wildman–Crippen LogP) is 2.40. The van der Waals surface area contributed by atoms with Crippen LogP contribution in [0, 0.1) is 5.92 Å². The van der Waals surface area contributed by atoms with Gasteiger partial charge in [0.15, 0.2) is 11.3 Å². The predicted molar refractivity (Wildman–Crippen MR) is 85.3 cm³/mol. The zero-order valence-electron chi connectivity index (χ0n) is 13.2. The van der Waals surface area contributed by atoms with E-state index in [1.54, 1.807) is 11.1 Å². The van der Waals surface area contributed by atoms with Gasteiger partial charge in [0, 0.05) is 37.1 Å². The number of methoxy groups -OCH3 is 1. The molecule has 4 rings (SSSR count). The molecule has 120 valence electrons. The first-order valence-electron chi connectivity index (χ1n) is 7.85. The van der Waals surface area contributed by atoms with E-state index in [9.17, 15) is 4.79 Å². The molecule has 1 aliphatic heterocycles. The summed E-state index contributed by atoms with van der Waals surface area (Å²) in [4.78, 5) is 25.7. The molecule has 0 aromatic carbocycles. The highest BCUT2D eigenvalue weighted by Crippen LogP contribution is 2.36. The number of likely N-dealkylation sites (tertiary alicyclic amines) is 1. The summed E-state index contributed by atoms with van der Waals surface area (Å²) in [6.07, 6.45) is 6.32. The summed E-state index contributed by atoms with van der Waals surface area (Å²) in [6, 6.07) is 2.01. The van der Waals surface area contributed by atoms with E-state index in [0.717, 1.165) is 35.5 Å². The van der Waals surface area contributed by atoms with Gasteiger partial charge in [-0.05, 0) is 12.0 Å². The Morgan fingerprint density at radius 1 is 1.39 bits per heavy atom. The Balaban J connectivity index is 1.81. The fourth-order valence-electron chi connectivity index (χ4n) is 3.65. The Morgan fingerprint density at radius 3 is 3.04 bits per heavy atom. The van der Waals surface area contributed by atoms with Crippen LogP contribution in [0.5, 0.6) is 0 Å². The number of carbonyl (C=O) groups is 1. The number of rotatable bonds is 2. The number of ether oxygens (including phenoxy) is 1. The number of nitrogens with one attached hydrogen (secondary N) is 1. The second-order valence-electron chi connectivity index (χ2n) is 6.00. The van der Waals surface area contributed by atoms with Crippen molar-refractivity contribution >= 4 is 22.9 Å². The van der Waals surface area contributed by atoms with Crippen molar-refractivity contribution < 1.29 is 9.53 Å². The number of fused-ring (bicyclic) bond motifs is 3. The van der Waals surface area contributed by atoms with Crippen molar-refractivity contribution in [3.05, 3.63) is 30.4 Å². The van der Waals surface area contributed by atoms with Crippen LogP contribution in [0.15, 0.2) is 24.7 Å². The third kappa shape index (κ3) is 2.07. The smallest absolute Gasteiger partial charge is 0.409 e. The van der Waals surface area contributed by atoms with Gasteiger partial charge in [-0.2, -0.15) is 0 Å². The van der Waals surface area contributed by atoms with Crippen LogP contribution >= 0.6 is 0 Å². The lowest BCUT2D eigenvalue weighted by Gasteiger charge is -2.16. The first-order chi connectivity index (χ1) is 11.2. The van der Waals surface area contributed by atoms with E-state index in [1.807, 2.05) is 18.5 Å². The second kappa shape index (κ2) is 5.26. The molecule has 3 aromatic heterocycles. The first-order valence-corrected chi connectivity index (χ1v) is 7.85. The van der Waals surface area contributed by atoms with E-state index in [0.29, 0.717) is 12.5 Å². The highest BCUT2D eigenvalue weighted by Gasteiger charge is 2.37. The number of imidazole rings is 1. The Bertz CT molecular complexity index is 868. The lowest BCUT2D eigenvalue weighted by atomic mass is 9.91. The molecule has 2 atom stereocenters. The largest absolute Gasteiger partial charge is 0.453 e. The number of H-pyrrole nitrogens is 1. The van der Waals surface area contributed by atoms with E-state index < -0.39 is 0 Å². The van der Waals surface area contributed by atoms with Crippen molar-refractivity contribution in [1.29, 1.82) is 0 Å². The molecular weight excluding hydrogens is 294 g/mol. The number of amides is 1. The van der Waals surface area contributed by atoms with Crippen molar-refractivity contribution in [2.45, 2.75) is 19.3 Å². The molecule has 0 aliphatic carbocycles. The van der Waals surface area contributed by atoms with E-state index in [4.69, 9.17) is 4.74 Å². The molecule has 1 N–H and O–H groups in total. The number of carbonyl (C=O) groups excluding carboxylic acids is 1. The molecule has 1 saturated heterocycles. The third-order valence-corrected chi connectivity index (χ3v) is 4.85. The lowest BCUT2D eigenvalue weighted by Crippen LogP contribution is -2.28. The Kier molecular flexibility index (Phi) is 3.21. The molecule has 1 fully saturated rings. The van der Waals surface area contributed by atoms with Crippen molar-refractivity contribution in [3.63, 3.8) is 0 Å². The number of nitrogens with zero attached hydrogens (tertiary/aromatic N) is 4. The minimum atomic E-state index is -0.256. The van der Waals surface area contributed by atoms with Crippen molar-refractivity contribution in [2.24, 2.45) is 5.92 Å². The van der Waals surface area contributed by atoms with Crippen LogP contribution in [0.25, 0.3) is 16.8 Å². The monoisotopic (exact) mass is 313 g/mol. The van der Waals surface area contributed by atoms with Gasteiger partial charge in [0.05, 0.1) is 18.8 Å². The normalized spacial score (nSPS) is 21.4. The average molecular weight is 313 g/mol. The highest BCUT2D eigenvalue weighted by atomic mass is 16.5. The van der Waals surface area contributed by atoms with E-state index >= 15 is 0 Å². The first kappa shape index (κ1) is 14.0. The van der Waals surface area contributed by atoms with Gasteiger partial charge in [0.2, 0.25) is 0 Å². The van der Waals surface area contributed by atoms with Crippen LogP contribution in [0.3, 0.4) is 0 Å². The van der Waals surface area contributed by atoms with E-state index in [1.165, 1.54) is 7.11 Å². The van der Waals surface area contributed by atoms with E-state index in [2.05, 4.69) is 26.3 Å². The molecule has 0 bridgehead atoms. The zero-order chi connectivity index (χ0) is 16.0. The third-order valence-electron chi connectivity index (χ3n) is 4.85. The maximum Gasteiger partial charge on any atom is 0.409 e. The van der Waals surface area contributed by atoms with Gasteiger partial charge in [-0.1, -0.05) is 13.3 Å². The maximum atomic E-state index is 11.9. The molecule has 4 heterocycles. The van der Waals surface area contributed by atoms with Gasteiger partial charge in [0.1, 0.15) is 0 Å². The summed E-state index contributed by atoms with van der Waals surface area (Å²) in [5.74, 6) is 0.644. The standard InChI is InChI=1S/C16H19N5O2/c1-3-10-8-20(16(22)23-2)9-11(10)13-6-18-14-7-19-15-12(21(13)14)4-5-17-15/h4-7,10-11,17H,3,8-9H2,1-2H3/t10-,11+/m1/s1. The summed E-state index contributed by atoms with van der Waals surface area (Å²) in [5.41, 5.74) is 3.82. The molecule has 0 spiro atoms. The van der Waals surface area contributed by atoms with Crippen LogP contribution in [-0.2, 0) is 4.74 Å². The summed E-state index contributed by atoms with van der Waals surface area (Å²) < 4.78 is 7.03. The summed E-state index contributed by atoms with van der Waals surface area (Å²) >= 11 is 0.